The Hall–Kier alpha value is -1.85. The quantitative estimate of drug-likeness (QED) is 0.870. The number of nitrogens with one attached hydrogen (secondary N) is 1. The predicted octanol–water partition coefficient (Wildman–Crippen LogP) is 3.22. The highest BCUT2D eigenvalue weighted by Gasteiger charge is 2.50. The molecule has 6 nitrogen and oxygen atoms in total. The maximum absolute atomic E-state index is 13.0. The molecule has 0 spiro atoms. The van der Waals surface area contributed by atoms with Crippen LogP contribution in [-0.2, 0) is 4.79 Å². The molecule has 1 saturated carbocycles. The number of aromatic nitrogens is 2. The Kier molecular flexibility index (Phi) is 4.89. The fourth-order valence-electron chi connectivity index (χ4n) is 6.56. The molecule has 0 unspecified atom stereocenters. The molecule has 5 rings (SSSR count). The molecule has 4 atom stereocenters. The van der Waals surface area contributed by atoms with Gasteiger partial charge in [0.15, 0.2) is 0 Å². The van der Waals surface area contributed by atoms with E-state index in [0.717, 1.165) is 44.7 Å². The summed E-state index contributed by atoms with van der Waals surface area (Å²) in [5, 5.41) is 6.72. The highest BCUT2D eigenvalue weighted by molar-refractivity contribution is 5.93. The largest absolute Gasteiger partial charge is 0.338 e. The monoisotopic (exact) mass is 384 g/mol. The molecular weight excluding hydrogens is 352 g/mol. The molecule has 1 aromatic heterocycles. The summed E-state index contributed by atoms with van der Waals surface area (Å²) in [5.74, 6) is 2.08. The summed E-state index contributed by atoms with van der Waals surface area (Å²) in [6, 6.07) is 0.670. The lowest BCUT2D eigenvalue weighted by Gasteiger charge is -2.57. The number of aromatic amines is 1. The predicted molar refractivity (Wildman–Crippen MR) is 106 cm³/mol. The van der Waals surface area contributed by atoms with Crippen molar-refractivity contribution >= 4 is 11.8 Å². The number of carbonyl (C=O) groups excluding carboxylic acids is 2. The first-order valence-electron chi connectivity index (χ1n) is 11.3. The molecule has 4 fully saturated rings. The smallest absolute Gasteiger partial charge is 0.257 e. The van der Waals surface area contributed by atoms with Crippen molar-refractivity contribution in [1.82, 2.24) is 20.0 Å². The van der Waals surface area contributed by atoms with Gasteiger partial charge >= 0.3 is 0 Å². The first-order chi connectivity index (χ1) is 13.7. The molecule has 4 aliphatic rings. The number of piperidine rings is 3. The van der Waals surface area contributed by atoms with E-state index in [1.165, 1.54) is 38.5 Å². The Morgan fingerprint density at radius 3 is 2.71 bits per heavy atom. The third kappa shape index (κ3) is 3.25. The average Bonchev–Trinajstić information content (AvgIpc) is 3.26. The van der Waals surface area contributed by atoms with Crippen LogP contribution in [0.2, 0.25) is 0 Å². The van der Waals surface area contributed by atoms with Gasteiger partial charge < -0.3 is 9.80 Å². The van der Waals surface area contributed by atoms with E-state index >= 15 is 0 Å². The van der Waals surface area contributed by atoms with Crippen molar-refractivity contribution in [3.05, 3.63) is 18.0 Å². The van der Waals surface area contributed by atoms with Crippen LogP contribution in [0.5, 0.6) is 0 Å². The van der Waals surface area contributed by atoms with Crippen molar-refractivity contribution < 1.29 is 9.59 Å². The second kappa shape index (κ2) is 7.53. The lowest BCUT2D eigenvalue weighted by molar-refractivity contribution is -0.153. The van der Waals surface area contributed by atoms with Crippen molar-refractivity contribution in [3.63, 3.8) is 0 Å². The minimum atomic E-state index is 0.0930. The summed E-state index contributed by atoms with van der Waals surface area (Å²) < 4.78 is 0. The Morgan fingerprint density at radius 1 is 1.11 bits per heavy atom. The number of hydrogen-bond acceptors (Lipinski definition) is 3. The number of rotatable bonds is 3. The third-order valence-electron chi connectivity index (χ3n) is 7.83. The van der Waals surface area contributed by atoms with Crippen LogP contribution in [-0.4, -0.2) is 57.0 Å². The van der Waals surface area contributed by atoms with Gasteiger partial charge in [-0.3, -0.25) is 14.7 Å². The molecule has 28 heavy (non-hydrogen) atoms. The molecule has 1 N–H and O–H groups in total. The molecule has 2 amide bonds. The molecule has 0 radical (unpaired) electrons. The number of fused-ring (bicyclic) bond motifs is 4. The normalized spacial score (nSPS) is 33.6. The number of hydrogen-bond donors (Lipinski definition) is 1. The summed E-state index contributed by atoms with van der Waals surface area (Å²) in [4.78, 5) is 30.3. The summed E-state index contributed by atoms with van der Waals surface area (Å²) >= 11 is 0. The van der Waals surface area contributed by atoms with Gasteiger partial charge in [-0.25, -0.2) is 0 Å². The maximum Gasteiger partial charge on any atom is 0.257 e. The van der Waals surface area contributed by atoms with E-state index in [-0.39, 0.29) is 5.91 Å². The van der Waals surface area contributed by atoms with E-state index in [1.54, 1.807) is 12.4 Å². The number of carbonyl (C=O) groups is 2. The van der Waals surface area contributed by atoms with E-state index in [0.29, 0.717) is 35.4 Å². The minimum Gasteiger partial charge on any atom is -0.338 e. The summed E-state index contributed by atoms with van der Waals surface area (Å²) in [7, 11) is 0. The zero-order valence-electron chi connectivity index (χ0n) is 16.7. The molecule has 2 bridgehead atoms. The SMILES string of the molecule is O=C(c1cn[nH]c1)N1C[C@H]2C[C@@H](C1)[C@H](CC1CCCCC1)N1C(=O)CCC[C@@H]21. The third-order valence-corrected chi connectivity index (χ3v) is 7.83. The number of nitrogens with zero attached hydrogens (tertiary/aromatic N) is 3. The van der Waals surface area contributed by atoms with Gasteiger partial charge in [-0.15, -0.1) is 0 Å². The van der Waals surface area contributed by atoms with E-state index in [1.807, 2.05) is 4.90 Å². The molecule has 4 heterocycles. The van der Waals surface area contributed by atoms with E-state index in [9.17, 15) is 9.59 Å². The van der Waals surface area contributed by atoms with Gasteiger partial charge in [0.2, 0.25) is 5.91 Å². The van der Waals surface area contributed by atoms with Crippen LogP contribution in [0, 0.1) is 17.8 Å². The van der Waals surface area contributed by atoms with Crippen LogP contribution in [0.1, 0.15) is 74.6 Å². The van der Waals surface area contributed by atoms with Gasteiger partial charge in [0.25, 0.3) is 5.91 Å². The topological polar surface area (TPSA) is 69.3 Å². The molecular formula is C22H32N4O2. The van der Waals surface area contributed by atoms with Crippen molar-refractivity contribution in [2.45, 2.75) is 76.3 Å². The van der Waals surface area contributed by atoms with Crippen molar-refractivity contribution in [3.8, 4) is 0 Å². The van der Waals surface area contributed by atoms with E-state index in [2.05, 4.69) is 15.1 Å². The average molecular weight is 385 g/mol. The fraction of sp³-hybridized carbons (Fsp3) is 0.773. The molecule has 6 heteroatoms. The van der Waals surface area contributed by atoms with E-state index < -0.39 is 0 Å². The van der Waals surface area contributed by atoms with Crippen LogP contribution >= 0.6 is 0 Å². The summed E-state index contributed by atoms with van der Waals surface area (Å²) in [6.07, 6.45) is 15.2. The van der Waals surface area contributed by atoms with Gasteiger partial charge in [0.1, 0.15) is 0 Å². The number of amides is 2. The van der Waals surface area contributed by atoms with Crippen molar-refractivity contribution in [2.75, 3.05) is 13.1 Å². The Morgan fingerprint density at radius 2 is 1.93 bits per heavy atom. The Labute approximate surface area is 167 Å². The Bertz CT molecular complexity index is 712. The van der Waals surface area contributed by atoms with Gasteiger partial charge in [0.05, 0.1) is 11.8 Å². The molecule has 1 aromatic rings. The minimum absolute atomic E-state index is 0.0930. The van der Waals surface area contributed by atoms with Gasteiger partial charge in [-0.1, -0.05) is 32.1 Å². The number of likely N-dealkylation sites (tertiary alicyclic amines) is 1. The maximum atomic E-state index is 13.0. The van der Waals surface area contributed by atoms with Crippen LogP contribution in [0.4, 0.5) is 0 Å². The van der Waals surface area contributed by atoms with Crippen LogP contribution in [0.15, 0.2) is 12.4 Å². The van der Waals surface area contributed by atoms with Crippen molar-refractivity contribution in [2.24, 2.45) is 17.8 Å². The first-order valence-corrected chi connectivity index (χ1v) is 11.3. The molecule has 3 saturated heterocycles. The van der Waals surface area contributed by atoms with Gasteiger partial charge in [0, 0.05) is 37.8 Å². The Balaban J connectivity index is 1.40. The van der Waals surface area contributed by atoms with Crippen LogP contribution in [0.25, 0.3) is 0 Å². The summed E-state index contributed by atoms with van der Waals surface area (Å²) in [6.45, 7) is 1.57. The highest BCUT2D eigenvalue weighted by Crippen LogP contribution is 2.44. The summed E-state index contributed by atoms with van der Waals surface area (Å²) in [5.41, 5.74) is 0.653. The second-order valence-corrected chi connectivity index (χ2v) is 9.52. The number of H-pyrrole nitrogens is 1. The standard InChI is InChI=1S/C22H32N4O2/c27-21-8-4-7-19-16-10-17(14-25(13-16)22(28)18-11-23-24-12-18)20(26(19)21)9-15-5-2-1-3-6-15/h11-12,15-17,19-20H,1-10,13-14H2,(H,23,24)/t16-,17+,19+,20+/m1/s1. The fourth-order valence-corrected chi connectivity index (χ4v) is 6.56. The van der Waals surface area contributed by atoms with Crippen LogP contribution < -0.4 is 0 Å². The zero-order valence-corrected chi connectivity index (χ0v) is 16.7. The molecule has 3 aliphatic heterocycles. The highest BCUT2D eigenvalue weighted by atomic mass is 16.2. The zero-order chi connectivity index (χ0) is 19.1. The second-order valence-electron chi connectivity index (χ2n) is 9.52. The lowest BCUT2D eigenvalue weighted by atomic mass is 9.69. The lowest BCUT2D eigenvalue weighted by Crippen LogP contribution is -2.65. The molecule has 152 valence electrons. The molecule has 0 aromatic carbocycles. The van der Waals surface area contributed by atoms with Gasteiger partial charge in [-0.05, 0) is 43.4 Å². The van der Waals surface area contributed by atoms with Crippen molar-refractivity contribution in [1.29, 1.82) is 0 Å². The van der Waals surface area contributed by atoms with Crippen LogP contribution in [0.3, 0.4) is 0 Å². The van der Waals surface area contributed by atoms with E-state index in [4.69, 9.17) is 0 Å². The molecule has 1 aliphatic carbocycles. The van der Waals surface area contributed by atoms with Gasteiger partial charge in [-0.2, -0.15) is 5.10 Å². The first kappa shape index (κ1) is 18.2.